The molecule has 0 aliphatic rings. The third kappa shape index (κ3) is 6.82. The van der Waals surface area contributed by atoms with E-state index >= 15 is 0 Å². The van der Waals surface area contributed by atoms with Crippen LogP contribution in [0.5, 0.6) is 5.75 Å². The second-order valence-electron chi connectivity index (χ2n) is 6.02. The SMILES string of the molecule is Cc1cccc(N(C)Cc2ccccc2)c1Pc1ccccc1O.[Cl][Ti][Cl]. The average Bonchev–Trinajstić information content (AvgIpc) is 2.66. The van der Waals surface area contributed by atoms with Crippen molar-refractivity contribution in [3.05, 3.63) is 83.9 Å². The number of hydrogen-bond acceptors (Lipinski definition) is 2. The molecule has 2 nitrogen and oxygen atoms in total. The van der Waals surface area contributed by atoms with Crippen LogP contribution in [-0.2, 0) is 23.6 Å². The van der Waals surface area contributed by atoms with Crippen molar-refractivity contribution in [1.82, 2.24) is 0 Å². The van der Waals surface area contributed by atoms with Crippen molar-refractivity contribution in [2.24, 2.45) is 0 Å². The monoisotopic (exact) mass is 453 g/mol. The van der Waals surface area contributed by atoms with Gasteiger partial charge in [0.15, 0.2) is 0 Å². The topological polar surface area (TPSA) is 23.5 Å². The van der Waals surface area contributed by atoms with Gasteiger partial charge in [-0.2, -0.15) is 0 Å². The summed E-state index contributed by atoms with van der Waals surface area (Å²) in [6, 6.07) is 24.5. The summed E-state index contributed by atoms with van der Waals surface area (Å²) in [7, 11) is 12.3. The molecule has 0 saturated heterocycles. The summed E-state index contributed by atoms with van der Waals surface area (Å²) < 4.78 is 0. The Morgan fingerprint density at radius 1 is 0.926 bits per heavy atom. The number of hydrogen-bond donors (Lipinski definition) is 1. The first-order valence-corrected chi connectivity index (χ1v) is 13.7. The fraction of sp³-hybridized carbons (Fsp3) is 0.143. The van der Waals surface area contributed by atoms with Crippen LogP contribution in [0, 0.1) is 6.92 Å². The molecule has 27 heavy (non-hydrogen) atoms. The number of phenolic OH excluding ortho intramolecular Hbond substituents is 1. The van der Waals surface area contributed by atoms with Crippen molar-refractivity contribution in [2.75, 3.05) is 11.9 Å². The fourth-order valence-corrected chi connectivity index (χ4v) is 4.13. The molecule has 6 heteroatoms. The van der Waals surface area contributed by atoms with E-state index in [4.69, 9.17) is 18.6 Å². The Morgan fingerprint density at radius 2 is 1.56 bits per heavy atom. The predicted octanol–water partition coefficient (Wildman–Crippen LogP) is 5.34. The van der Waals surface area contributed by atoms with Crippen molar-refractivity contribution >= 4 is 43.5 Å². The number of halogens is 2. The molecule has 0 aliphatic carbocycles. The molecule has 0 spiro atoms. The van der Waals surface area contributed by atoms with Crippen LogP contribution in [-0.4, -0.2) is 12.2 Å². The Bertz CT molecular complexity index is 849. The fourth-order valence-electron chi connectivity index (χ4n) is 2.79. The van der Waals surface area contributed by atoms with Crippen molar-refractivity contribution in [3.63, 3.8) is 0 Å². The quantitative estimate of drug-likeness (QED) is 0.416. The van der Waals surface area contributed by atoms with Crippen molar-refractivity contribution in [3.8, 4) is 5.75 Å². The number of rotatable bonds is 5. The Kier molecular flexibility index (Phi) is 9.69. The van der Waals surface area contributed by atoms with E-state index in [2.05, 4.69) is 61.3 Å². The molecule has 3 aromatic carbocycles. The van der Waals surface area contributed by atoms with Crippen LogP contribution in [0.4, 0.5) is 5.69 Å². The number of aromatic hydroxyl groups is 1. The predicted molar refractivity (Wildman–Crippen MR) is 117 cm³/mol. The Labute approximate surface area is 180 Å². The summed E-state index contributed by atoms with van der Waals surface area (Å²) in [6.45, 7) is 3.00. The van der Waals surface area contributed by atoms with Crippen LogP contribution in [0.25, 0.3) is 0 Å². The summed E-state index contributed by atoms with van der Waals surface area (Å²) in [5.74, 6) is 0.371. The molecule has 0 saturated carbocycles. The van der Waals surface area contributed by atoms with Gasteiger partial charge in [-0.1, -0.05) is 69.2 Å². The van der Waals surface area contributed by atoms with Crippen LogP contribution in [0.15, 0.2) is 72.8 Å². The summed E-state index contributed by atoms with van der Waals surface area (Å²) in [6.07, 6.45) is 0. The first-order valence-electron chi connectivity index (χ1n) is 8.42. The number of anilines is 1. The van der Waals surface area contributed by atoms with Gasteiger partial charge in [-0.05, 0) is 30.2 Å². The minimum atomic E-state index is -0.556. The second kappa shape index (κ2) is 11.7. The molecule has 0 fully saturated rings. The van der Waals surface area contributed by atoms with Crippen LogP contribution >= 0.6 is 27.2 Å². The summed E-state index contributed by atoms with van der Waals surface area (Å²) in [5.41, 5.74) is 3.77. The van der Waals surface area contributed by atoms with E-state index < -0.39 is 17.0 Å². The van der Waals surface area contributed by atoms with Gasteiger partial charge in [0.25, 0.3) is 0 Å². The van der Waals surface area contributed by atoms with Gasteiger partial charge < -0.3 is 10.0 Å². The molecule has 1 atom stereocenters. The standard InChI is InChI=1S/C21H22NOP.2ClH.Ti/c1-16-9-8-12-18(22(2)15-17-10-4-3-5-11-17)21(16)24-20-14-7-6-13-19(20)23;;;/h3-14,23-24H,15H2,1-2H3;2*1H;/q;;;+2/p-2. The van der Waals surface area contributed by atoms with Gasteiger partial charge in [-0.25, -0.2) is 0 Å². The molecule has 140 valence electrons. The van der Waals surface area contributed by atoms with Gasteiger partial charge in [-0.3, -0.25) is 0 Å². The van der Waals surface area contributed by atoms with Gasteiger partial charge in [-0.15, -0.1) is 0 Å². The normalized spacial score (nSPS) is 10.4. The molecule has 0 bridgehead atoms. The van der Waals surface area contributed by atoms with Gasteiger partial charge in [0.2, 0.25) is 0 Å². The molecule has 0 amide bonds. The molecule has 0 radical (unpaired) electrons. The molecule has 0 aromatic heterocycles. The van der Waals surface area contributed by atoms with Gasteiger partial charge in [0.1, 0.15) is 5.75 Å². The number of benzene rings is 3. The van der Waals surface area contributed by atoms with Gasteiger partial charge in [0, 0.05) is 29.9 Å². The van der Waals surface area contributed by atoms with E-state index in [1.54, 1.807) is 6.07 Å². The number of phenols is 1. The van der Waals surface area contributed by atoms with Crippen molar-refractivity contribution in [2.45, 2.75) is 13.5 Å². The molecule has 0 aliphatic heterocycles. The zero-order chi connectivity index (χ0) is 19.6. The van der Waals surface area contributed by atoms with E-state index in [1.807, 2.05) is 24.3 Å². The maximum absolute atomic E-state index is 10.1. The zero-order valence-corrected chi connectivity index (χ0v) is 19.4. The second-order valence-corrected chi connectivity index (χ2v) is 9.89. The van der Waals surface area contributed by atoms with Crippen LogP contribution < -0.4 is 15.5 Å². The van der Waals surface area contributed by atoms with Crippen molar-refractivity contribution < 1.29 is 22.1 Å². The van der Waals surface area contributed by atoms with E-state index in [-0.39, 0.29) is 0 Å². The van der Waals surface area contributed by atoms with E-state index in [0.29, 0.717) is 14.3 Å². The van der Waals surface area contributed by atoms with Crippen LogP contribution in [0.2, 0.25) is 0 Å². The maximum atomic E-state index is 10.1. The molecule has 1 unspecified atom stereocenters. The molecular weight excluding hydrogens is 432 g/mol. The Morgan fingerprint density at radius 3 is 2.22 bits per heavy atom. The first kappa shape index (κ1) is 22.3. The van der Waals surface area contributed by atoms with Crippen LogP contribution in [0.3, 0.4) is 0 Å². The average molecular weight is 454 g/mol. The van der Waals surface area contributed by atoms with Gasteiger partial charge >= 0.3 is 35.6 Å². The summed E-state index contributed by atoms with van der Waals surface area (Å²) in [4.78, 5) is 2.28. The van der Waals surface area contributed by atoms with Gasteiger partial charge in [0.05, 0.1) is 0 Å². The van der Waals surface area contributed by atoms with E-state index in [9.17, 15) is 5.11 Å². The third-order valence-corrected chi connectivity index (χ3v) is 5.68. The molecular formula is C21H22Cl2NOPTi. The Hall–Kier alpha value is -1.02. The Balaban J connectivity index is 0.000000817. The molecule has 0 heterocycles. The summed E-state index contributed by atoms with van der Waals surface area (Å²) >= 11 is -0.556. The molecule has 3 rings (SSSR count). The number of para-hydroxylation sites is 1. The van der Waals surface area contributed by atoms with E-state index in [1.165, 1.54) is 22.1 Å². The third-order valence-electron chi connectivity index (χ3n) is 4.09. The van der Waals surface area contributed by atoms with Crippen molar-refractivity contribution in [1.29, 1.82) is 0 Å². The minimum absolute atomic E-state index is 0.371. The van der Waals surface area contributed by atoms with E-state index in [0.717, 1.165) is 11.8 Å². The zero-order valence-electron chi connectivity index (χ0n) is 15.3. The number of aryl methyl sites for hydroxylation is 1. The first-order chi connectivity index (χ1) is 13.1. The number of nitrogens with zero attached hydrogens (tertiary/aromatic N) is 1. The molecule has 3 aromatic rings. The molecule has 1 N–H and O–H groups in total. The summed E-state index contributed by atoms with van der Waals surface area (Å²) in [5, 5.41) is 12.4. The van der Waals surface area contributed by atoms with Crippen LogP contribution in [0.1, 0.15) is 11.1 Å².